The standard InChI is InChI=1S/C76H147N2O6P/c1-6-8-10-12-14-16-18-20-22-24-26-28-30-32-33-34-35-36-37-38-39-40-41-42-43-44-45-46-48-50-52-54-56-58-60-62-64-66-68-70-76(80)77-74(73-84-85(81,82)83-72-71-78(3,4)5)75(79)69-67-65-63-61-59-57-55-53-51-49-47-31-29-27-25-23-21-19-17-15-13-11-9-7-2/h8,10,14,16,20,22,26,28,74-75,79H,6-7,9,11-13,15,17-19,21,23-25,27,29-73H2,1-5H3,(H-,77,80,81,82)/b10-8-,16-14-,22-20-,28-26-. The minimum absolute atomic E-state index is 0.0147. The number of nitrogens with zero attached hydrogens (tertiary/aromatic N) is 1. The van der Waals surface area contributed by atoms with Gasteiger partial charge in [0.05, 0.1) is 39.9 Å². The summed E-state index contributed by atoms with van der Waals surface area (Å²) in [4.78, 5) is 25.7. The number of hydrogen-bond acceptors (Lipinski definition) is 6. The van der Waals surface area contributed by atoms with E-state index in [0.29, 0.717) is 23.9 Å². The maximum Gasteiger partial charge on any atom is 0.268 e. The van der Waals surface area contributed by atoms with Gasteiger partial charge in [-0.2, -0.15) is 0 Å². The summed E-state index contributed by atoms with van der Waals surface area (Å²) >= 11 is 0. The van der Waals surface area contributed by atoms with Gasteiger partial charge in [0.1, 0.15) is 13.2 Å². The topological polar surface area (TPSA) is 108 Å². The van der Waals surface area contributed by atoms with Gasteiger partial charge >= 0.3 is 0 Å². The Kier molecular flexibility index (Phi) is 65.7. The van der Waals surface area contributed by atoms with Crippen molar-refractivity contribution in [3.63, 3.8) is 0 Å². The SMILES string of the molecule is CC/C=C\C/C=C\C/C=C\C/C=C\CCCCCCCCCCCCCCCCCCCCCCCCCCCCC(=O)NC(COP(=O)([O-])OCC[N+](C)(C)C)C(O)CCCCCCCCCCCCCCCCCCCCCCCCCC. The van der Waals surface area contributed by atoms with Gasteiger partial charge in [-0.25, -0.2) is 0 Å². The second-order valence-corrected chi connectivity index (χ2v) is 28.4. The lowest BCUT2D eigenvalue weighted by molar-refractivity contribution is -0.870. The zero-order valence-electron chi connectivity index (χ0n) is 57.6. The zero-order valence-corrected chi connectivity index (χ0v) is 58.5. The lowest BCUT2D eigenvalue weighted by atomic mass is 10.0. The molecule has 0 aromatic carbocycles. The molecule has 8 nitrogen and oxygen atoms in total. The minimum Gasteiger partial charge on any atom is -0.756 e. The summed E-state index contributed by atoms with van der Waals surface area (Å²) in [5.41, 5.74) is 0. The molecule has 0 aromatic rings. The number of aliphatic hydroxyl groups excluding tert-OH is 1. The van der Waals surface area contributed by atoms with Crippen LogP contribution in [0.1, 0.15) is 380 Å². The number of carbonyl (C=O) groups excluding carboxylic acids is 1. The predicted molar refractivity (Wildman–Crippen MR) is 371 cm³/mol. The molecule has 0 saturated heterocycles. The molecular weight excluding hydrogens is 1070 g/mol. The molecule has 0 aliphatic heterocycles. The van der Waals surface area contributed by atoms with Gasteiger partial charge in [-0.15, -0.1) is 0 Å². The molecule has 3 unspecified atom stereocenters. The first kappa shape index (κ1) is 83.5. The maximum atomic E-state index is 13.1. The van der Waals surface area contributed by atoms with Crippen molar-refractivity contribution < 1.29 is 32.9 Å². The Morgan fingerprint density at radius 3 is 1.05 bits per heavy atom. The second-order valence-electron chi connectivity index (χ2n) is 27.0. The van der Waals surface area contributed by atoms with Crippen LogP contribution in [-0.2, 0) is 18.4 Å². The van der Waals surface area contributed by atoms with Crippen LogP contribution in [0.25, 0.3) is 0 Å². The summed E-state index contributed by atoms with van der Waals surface area (Å²) in [5.74, 6) is -0.156. The van der Waals surface area contributed by atoms with E-state index in [-0.39, 0.29) is 19.1 Å². The maximum absolute atomic E-state index is 13.1. The van der Waals surface area contributed by atoms with Gasteiger partial charge in [0.25, 0.3) is 7.82 Å². The molecule has 0 spiro atoms. The number of nitrogens with one attached hydrogen (secondary N) is 1. The fourth-order valence-corrected chi connectivity index (χ4v) is 12.3. The van der Waals surface area contributed by atoms with Crippen LogP contribution in [0.4, 0.5) is 0 Å². The normalized spacial score (nSPS) is 13.8. The molecule has 0 radical (unpaired) electrons. The van der Waals surface area contributed by atoms with Gasteiger partial charge < -0.3 is 28.8 Å². The lowest BCUT2D eigenvalue weighted by Crippen LogP contribution is -2.46. The van der Waals surface area contributed by atoms with Crippen molar-refractivity contribution in [3.8, 4) is 0 Å². The summed E-state index contributed by atoms with van der Waals surface area (Å²) in [7, 11) is 1.33. The molecule has 0 saturated carbocycles. The third-order valence-corrected chi connectivity index (χ3v) is 18.3. The summed E-state index contributed by atoms with van der Waals surface area (Å²) in [6.07, 6.45) is 90.7. The van der Waals surface area contributed by atoms with Crippen molar-refractivity contribution in [3.05, 3.63) is 48.6 Å². The summed E-state index contributed by atoms with van der Waals surface area (Å²) in [6, 6.07) is -0.800. The highest BCUT2D eigenvalue weighted by atomic mass is 31.2. The Hall–Kier alpha value is -1.54. The quantitative estimate of drug-likeness (QED) is 0.0272. The average Bonchev–Trinajstić information content (AvgIpc) is 3.49. The Morgan fingerprint density at radius 2 is 0.718 bits per heavy atom. The molecule has 0 aromatic heterocycles. The van der Waals surface area contributed by atoms with Crippen LogP contribution in [0.5, 0.6) is 0 Å². The predicted octanol–water partition coefficient (Wildman–Crippen LogP) is 23.5. The van der Waals surface area contributed by atoms with Crippen LogP contribution < -0.4 is 10.2 Å². The van der Waals surface area contributed by atoms with Crippen molar-refractivity contribution in [2.45, 2.75) is 392 Å². The van der Waals surface area contributed by atoms with E-state index < -0.39 is 20.0 Å². The Morgan fingerprint density at radius 1 is 0.424 bits per heavy atom. The number of rotatable bonds is 70. The largest absolute Gasteiger partial charge is 0.756 e. The molecule has 0 bridgehead atoms. The monoisotopic (exact) mass is 1220 g/mol. The van der Waals surface area contributed by atoms with E-state index in [0.717, 1.165) is 64.2 Å². The lowest BCUT2D eigenvalue weighted by Gasteiger charge is -2.30. The fourth-order valence-electron chi connectivity index (χ4n) is 11.6. The third-order valence-electron chi connectivity index (χ3n) is 17.3. The number of likely N-dealkylation sites (N-methyl/N-ethyl adjacent to an activating group) is 1. The number of phosphoric ester groups is 1. The van der Waals surface area contributed by atoms with Crippen LogP contribution in [0.15, 0.2) is 48.6 Å². The van der Waals surface area contributed by atoms with E-state index >= 15 is 0 Å². The van der Waals surface area contributed by atoms with E-state index in [4.69, 9.17) is 9.05 Å². The molecule has 502 valence electrons. The van der Waals surface area contributed by atoms with Gasteiger partial charge in [-0.3, -0.25) is 9.36 Å². The number of allylic oxidation sites excluding steroid dienone is 8. The first-order chi connectivity index (χ1) is 41.5. The first-order valence-electron chi connectivity index (χ1n) is 37.5. The van der Waals surface area contributed by atoms with Crippen LogP contribution in [0.3, 0.4) is 0 Å². The molecule has 3 atom stereocenters. The van der Waals surface area contributed by atoms with Crippen molar-refractivity contribution >= 4 is 13.7 Å². The Balaban J connectivity index is 3.90. The number of unbranched alkanes of at least 4 members (excludes halogenated alkanes) is 49. The summed E-state index contributed by atoms with van der Waals surface area (Å²) in [6.45, 7) is 4.67. The summed E-state index contributed by atoms with van der Waals surface area (Å²) < 4.78 is 23.6. The fraction of sp³-hybridized carbons (Fsp3) is 0.882. The number of phosphoric acid groups is 1. The van der Waals surface area contributed by atoms with Crippen molar-refractivity contribution in [1.29, 1.82) is 0 Å². The summed E-state index contributed by atoms with van der Waals surface area (Å²) in [5, 5.41) is 14.1. The van der Waals surface area contributed by atoms with Gasteiger partial charge in [-0.1, -0.05) is 371 Å². The van der Waals surface area contributed by atoms with Gasteiger partial charge in [0.2, 0.25) is 5.91 Å². The minimum atomic E-state index is -4.58. The number of quaternary nitrogens is 1. The highest BCUT2D eigenvalue weighted by Crippen LogP contribution is 2.38. The molecule has 0 heterocycles. The van der Waals surface area contributed by atoms with Crippen molar-refractivity contribution in [2.24, 2.45) is 0 Å². The molecule has 0 aliphatic rings. The van der Waals surface area contributed by atoms with Crippen LogP contribution in [0, 0.1) is 0 Å². The number of carbonyl (C=O) groups is 1. The number of amides is 1. The zero-order chi connectivity index (χ0) is 61.9. The van der Waals surface area contributed by atoms with Gasteiger partial charge in [0, 0.05) is 6.42 Å². The van der Waals surface area contributed by atoms with Crippen molar-refractivity contribution in [1.82, 2.24) is 5.32 Å². The Labute approximate surface area is 530 Å². The van der Waals surface area contributed by atoms with E-state index in [1.54, 1.807) is 0 Å². The van der Waals surface area contributed by atoms with Crippen LogP contribution >= 0.6 is 7.82 Å². The molecule has 0 aliphatic carbocycles. The van der Waals surface area contributed by atoms with E-state index in [1.165, 1.54) is 289 Å². The number of aliphatic hydroxyl groups is 1. The second kappa shape index (κ2) is 66.9. The molecule has 1 amide bonds. The highest BCUT2D eigenvalue weighted by Gasteiger charge is 2.24. The highest BCUT2D eigenvalue weighted by molar-refractivity contribution is 7.45. The molecule has 0 rings (SSSR count). The first-order valence-corrected chi connectivity index (χ1v) is 38.9. The van der Waals surface area contributed by atoms with E-state index in [9.17, 15) is 19.4 Å². The van der Waals surface area contributed by atoms with Crippen LogP contribution in [0.2, 0.25) is 0 Å². The smallest absolute Gasteiger partial charge is 0.268 e. The molecule has 85 heavy (non-hydrogen) atoms. The van der Waals surface area contributed by atoms with Crippen LogP contribution in [-0.4, -0.2) is 68.5 Å². The van der Waals surface area contributed by atoms with Gasteiger partial charge in [-0.05, 0) is 51.4 Å². The third kappa shape index (κ3) is 69.8. The average molecular weight is 1220 g/mol. The Bertz CT molecular complexity index is 1530. The molecule has 0 fully saturated rings. The van der Waals surface area contributed by atoms with E-state index in [2.05, 4.69) is 67.8 Å². The van der Waals surface area contributed by atoms with Crippen molar-refractivity contribution in [2.75, 3.05) is 40.9 Å². The molecule has 9 heteroatoms. The van der Waals surface area contributed by atoms with Gasteiger partial charge in [0.15, 0.2) is 0 Å². The molecule has 2 N–H and O–H groups in total. The van der Waals surface area contributed by atoms with E-state index in [1.807, 2.05) is 21.1 Å². The molecular formula is C76H147N2O6P. The number of hydrogen-bond donors (Lipinski definition) is 2.